The number of aromatic amines is 1. The van der Waals surface area contributed by atoms with Gasteiger partial charge in [0.15, 0.2) is 0 Å². The third-order valence-corrected chi connectivity index (χ3v) is 3.83. The molecular formula is C18H20N2O2. The van der Waals surface area contributed by atoms with E-state index in [0.29, 0.717) is 12.3 Å². The fraction of sp³-hybridized carbons (Fsp3) is 0.333. The van der Waals surface area contributed by atoms with Crippen molar-refractivity contribution in [2.75, 3.05) is 6.61 Å². The summed E-state index contributed by atoms with van der Waals surface area (Å²) >= 11 is 0. The van der Waals surface area contributed by atoms with E-state index < -0.39 is 0 Å². The van der Waals surface area contributed by atoms with Crippen molar-refractivity contribution >= 4 is 27.8 Å². The molecule has 3 rings (SSSR count). The summed E-state index contributed by atoms with van der Waals surface area (Å²) in [5.41, 5.74) is 3.65. The van der Waals surface area contributed by atoms with E-state index in [2.05, 4.69) is 48.9 Å². The number of aromatic nitrogens is 2. The van der Waals surface area contributed by atoms with E-state index in [9.17, 15) is 4.79 Å². The number of pyridine rings is 1. The van der Waals surface area contributed by atoms with Gasteiger partial charge in [-0.3, -0.25) is 0 Å². The fourth-order valence-corrected chi connectivity index (χ4v) is 2.58. The van der Waals surface area contributed by atoms with Gasteiger partial charge < -0.3 is 9.72 Å². The van der Waals surface area contributed by atoms with Gasteiger partial charge in [0.25, 0.3) is 0 Å². The number of carbonyl (C=O) groups is 1. The van der Waals surface area contributed by atoms with Crippen molar-refractivity contribution in [3.63, 3.8) is 0 Å². The number of rotatable bonds is 2. The molecule has 0 fully saturated rings. The van der Waals surface area contributed by atoms with Crippen molar-refractivity contribution in [3.05, 3.63) is 41.7 Å². The Morgan fingerprint density at radius 1 is 1.18 bits per heavy atom. The Labute approximate surface area is 129 Å². The van der Waals surface area contributed by atoms with Gasteiger partial charge in [-0.2, -0.15) is 0 Å². The normalized spacial score (nSPS) is 12.0. The lowest BCUT2D eigenvalue weighted by Crippen LogP contribution is -2.10. The Kier molecular flexibility index (Phi) is 3.39. The SMILES string of the molecule is CCOC(=O)c1cc2c(cn1)[nH]c1ccc(C(C)(C)C)cc12. The Balaban J connectivity index is 2.21. The van der Waals surface area contributed by atoms with Crippen molar-refractivity contribution in [1.82, 2.24) is 9.97 Å². The number of nitrogens with zero attached hydrogens (tertiary/aromatic N) is 1. The van der Waals surface area contributed by atoms with Crippen LogP contribution in [-0.4, -0.2) is 22.5 Å². The molecular weight excluding hydrogens is 276 g/mol. The molecule has 4 heteroatoms. The van der Waals surface area contributed by atoms with Gasteiger partial charge in [-0.1, -0.05) is 26.8 Å². The van der Waals surface area contributed by atoms with Crippen molar-refractivity contribution in [2.45, 2.75) is 33.1 Å². The van der Waals surface area contributed by atoms with Crippen molar-refractivity contribution in [1.29, 1.82) is 0 Å². The van der Waals surface area contributed by atoms with Crippen LogP contribution in [0.1, 0.15) is 43.7 Å². The number of ether oxygens (including phenoxy) is 1. The maximum absolute atomic E-state index is 11.9. The summed E-state index contributed by atoms with van der Waals surface area (Å²) < 4.78 is 5.03. The summed E-state index contributed by atoms with van der Waals surface area (Å²) in [4.78, 5) is 19.4. The largest absolute Gasteiger partial charge is 0.461 e. The minimum Gasteiger partial charge on any atom is -0.461 e. The summed E-state index contributed by atoms with van der Waals surface area (Å²) in [7, 11) is 0. The minimum absolute atomic E-state index is 0.0782. The lowest BCUT2D eigenvalue weighted by molar-refractivity contribution is 0.0520. The van der Waals surface area contributed by atoms with Crippen LogP contribution in [-0.2, 0) is 10.2 Å². The predicted octanol–water partition coefficient (Wildman–Crippen LogP) is 4.19. The zero-order chi connectivity index (χ0) is 15.9. The highest BCUT2D eigenvalue weighted by Gasteiger charge is 2.16. The van der Waals surface area contributed by atoms with E-state index in [4.69, 9.17) is 4.74 Å². The molecule has 1 aromatic carbocycles. The molecule has 22 heavy (non-hydrogen) atoms. The highest BCUT2D eigenvalue weighted by Crippen LogP contribution is 2.30. The number of esters is 1. The Morgan fingerprint density at radius 3 is 2.59 bits per heavy atom. The first-order chi connectivity index (χ1) is 10.4. The zero-order valence-corrected chi connectivity index (χ0v) is 13.4. The Bertz CT molecular complexity index is 857. The number of nitrogens with one attached hydrogen (secondary N) is 1. The monoisotopic (exact) mass is 296 g/mol. The topological polar surface area (TPSA) is 55.0 Å². The van der Waals surface area contributed by atoms with Crippen LogP contribution in [0.3, 0.4) is 0 Å². The highest BCUT2D eigenvalue weighted by atomic mass is 16.5. The number of hydrogen-bond donors (Lipinski definition) is 1. The summed E-state index contributed by atoms with van der Waals surface area (Å²) in [6, 6.07) is 8.21. The molecule has 4 nitrogen and oxygen atoms in total. The average Bonchev–Trinajstić information content (AvgIpc) is 2.83. The lowest BCUT2D eigenvalue weighted by atomic mass is 9.86. The van der Waals surface area contributed by atoms with E-state index in [0.717, 1.165) is 21.8 Å². The second-order valence-electron chi connectivity index (χ2n) is 6.47. The van der Waals surface area contributed by atoms with Crippen LogP contribution in [0, 0.1) is 0 Å². The van der Waals surface area contributed by atoms with Crippen LogP contribution >= 0.6 is 0 Å². The predicted molar refractivity (Wildman–Crippen MR) is 88.3 cm³/mol. The Hall–Kier alpha value is -2.36. The Morgan fingerprint density at radius 2 is 1.91 bits per heavy atom. The maximum Gasteiger partial charge on any atom is 0.356 e. The first-order valence-corrected chi connectivity index (χ1v) is 7.49. The molecule has 0 saturated carbocycles. The third-order valence-electron chi connectivity index (χ3n) is 3.83. The van der Waals surface area contributed by atoms with E-state index in [1.165, 1.54) is 5.56 Å². The van der Waals surface area contributed by atoms with Gasteiger partial charge in [-0.15, -0.1) is 0 Å². The first-order valence-electron chi connectivity index (χ1n) is 7.49. The molecule has 3 aromatic rings. The number of fused-ring (bicyclic) bond motifs is 3. The van der Waals surface area contributed by atoms with Crippen molar-refractivity contribution < 1.29 is 9.53 Å². The van der Waals surface area contributed by atoms with Crippen LogP contribution in [0.2, 0.25) is 0 Å². The summed E-state index contributed by atoms with van der Waals surface area (Å²) in [6.07, 6.45) is 1.69. The number of carbonyl (C=O) groups excluding carboxylic acids is 1. The van der Waals surface area contributed by atoms with Gasteiger partial charge in [0, 0.05) is 16.3 Å². The van der Waals surface area contributed by atoms with E-state index in [1.54, 1.807) is 19.2 Å². The van der Waals surface area contributed by atoms with E-state index in [-0.39, 0.29) is 11.4 Å². The number of hydrogen-bond acceptors (Lipinski definition) is 3. The van der Waals surface area contributed by atoms with Gasteiger partial charge in [0.1, 0.15) is 5.69 Å². The average molecular weight is 296 g/mol. The molecule has 0 bridgehead atoms. The van der Waals surface area contributed by atoms with Crippen molar-refractivity contribution in [3.8, 4) is 0 Å². The van der Waals surface area contributed by atoms with Crippen LogP contribution in [0.15, 0.2) is 30.5 Å². The highest BCUT2D eigenvalue weighted by molar-refractivity contribution is 6.08. The quantitative estimate of drug-likeness (QED) is 0.721. The molecule has 0 unspecified atom stereocenters. The summed E-state index contributed by atoms with van der Waals surface area (Å²) in [5.74, 6) is -0.384. The smallest absolute Gasteiger partial charge is 0.356 e. The number of H-pyrrole nitrogens is 1. The minimum atomic E-state index is -0.384. The maximum atomic E-state index is 11.9. The first kappa shape index (κ1) is 14.6. The second-order valence-corrected chi connectivity index (χ2v) is 6.47. The number of benzene rings is 1. The fourth-order valence-electron chi connectivity index (χ4n) is 2.58. The molecule has 0 atom stereocenters. The van der Waals surface area contributed by atoms with Crippen LogP contribution < -0.4 is 0 Å². The summed E-state index contributed by atoms with van der Waals surface area (Å²) in [5, 5.41) is 2.11. The summed E-state index contributed by atoms with van der Waals surface area (Å²) in [6.45, 7) is 8.70. The van der Waals surface area contributed by atoms with Crippen LogP contribution in [0.5, 0.6) is 0 Å². The molecule has 0 spiro atoms. The molecule has 114 valence electrons. The molecule has 2 aromatic heterocycles. The van der Waals surface area contributed by atoms with Crippen LogP contribution in [0.25, 0.3) is 21.8 Å². The molecule has 0 amide bonds. The molecule has 1 N–H and O–H groups in total. The molecule has 0 saturated heterocycles. The zero-order valence-electron chi connectivity index (χ0n) is 13.4. The van der Waals surface area contributed by atoms with Gasteiger partial charge in [0.2, 0.25) is 0 Å². The molecule has 0 radical (unpaired) electrons. The molecule has 2 heterocycles. The van der Waals surface area contributed by atoms with E-state index in [1.807, 2.05) is 0 Å². The van der Waals surface area contributed by atoms with Crippen molar-refractivity contribution in [2.24, 2.45) is 0 Å². The van der Waals surface area contributed by atoms with E-state index >= 15 is 0 Å². The molecule has 0 aliphatic carbocycles. The van der Waals surface area contributed by atoms with Gasteiger partial charge >= 0.3 is 5.97 Å². The van der Waals surface area contributed by atoms with Gasteiger partial charge in [-0.25, -0.2) is 9.78 Å². The van der Waals surface area contributed by atoms with Gasteiger partial charge in [-0.05, 0) is 36.1 Å². The third kappa shape index (κ3) is 2.45. The standard InChI is InChI=1S/C18H20N2O2/c1-5-22-17(21)15-9-13-12-8-11(18(2,3)4)6-7-14(12)20-16(13)10-19-15/h6-10,20H,5H2,1-4H3. The second kappa shape index (κ2) is 5.13. The lowest BCUT2D eigenvalue weighted by Gasteiger charge is -2.18. The molecule has 0 aliphatic rings. The van der Waals surface area contributed by atoms with Gasteiger partial charge in [0.05, 0.1) is 18.3 Å². The molecule has 0 aliphatic heterocycles. The van der Waals surface area contributed by atoms with Crippen LogP contribution in [0.4, 0.5) is 0 Å².